The fourth-order valence-electron chi connectivity index (χ4n) is 1.98. The summed E-state index contributed by atoms with van der Waals surface area (Å²) in [7, 11) is 0. The maximum absolute atomic E-state index is 12.0. The number of carbonyl (C=O) groups is 1. The van der Waals surface area contributed by atoms with Gasteiger partial charge in [-0.15, -0.1) is 0 Å². The van der Waals surface area contributed by atoms with Crippen molar-refractivity contribution in [1.82, 2.24) is 5.32 Å². The van der Waals surface area contributed by atoms with Crippen LogP contribution in [0.15, 0.2) is 24.8 Å². The lowest BCUT2D eigenvalue weighted by Crippen LogP contribution is -2.35. The summed E-state index contributed by atoms with van der Waals surface area (Å²) in [5.74, 6) is -0.0349. The summed E-state index contributed by atoms with van der Waals surface area (Å²) in [6.45, 7) is 7.05. The number of aryl methyl sites for hydroxylation is 1. The van der Waals surface area contributed by atoms with Gasteiger partial charge in [0.25, 0.3) is 5.91 Å². The summed E-state index contributed by atoms with van der Waals surface area (Å²) >= 11 is 0. The van der Waals surface area contributed by atoms with E-state index in [2.05, 4.69) is 11.9 Å². The molecular formula is C14H17NO2. The van der Waals surface area contributed by atoms with Crippen LogP contribution in [-0.4, -0.2) is 25.2 Å². The van der Waals surface area contributed by atoms with Gasteiger partial charge in [0.2, 0.25) is 0 Å². The van der Waals surface area contributed by atoms with Gasteiger partial charge in [-0.05, 0) is 36.6 Å². The SMILES string of the molecule is C=Cc1cc(C)cc(C(=O)NC2CCOC2)c1. The third-order valence-electron chi connectivity index (χ3n) is 2.86. The van der Waals surface area contributed by atoms with E-state index >= 15 is 0 Å². The van der Waals surface area contributed by atoms with Crippen molar-refractivity contribution in [3.63, 3.8) is 0 Å². The first kappa shape index (κ1) is 11.9. The summed E-state index contributed by atoms with van der Waals surface area (Å²) in [5.41, 5.74) is 2.72. The Morgan fingerprint density at radius 1 is 1.53 bits per heavy atom. The second-order valence-corrected chi connectivity index (χ2v) is 4.37. The molecule has 90 valence electrons. The zero-order valence-electron chi connectivity index (χ0n) is 10.0. The van der Waals surface area contributed by atoms with Gasteiger partial charge in [0.05, 0.1) is 12.6 Å². The fourth-order valence-corrected chi connectivity index (χ4v) is 1.98. The highest BCUT2D eigenvalue weighted by Gasteiger charge is 2.18. The van der Waals surface area contributed by atoms with Gasteiger partial charge in [0, 0.05) is 12.2 Å². The Morgan fingerprint density at radius 3 is 3.00 bits per heavy atom. The van der Waals surface area contributed by atoms with Crippen LogP contribution in [-0.2, 0) is 4.74 Å². The van der Waals surface area contributed by atoms with E-state index in [0.29, 0.717) is 12.2 Å². The molecule has 3 nitrogen and oxygen atoms in total. The number of hydrogen-bond acceptors (Lipinski definition) is 2. The summed E-state index contributed by atoms with van der Waals surface area (Å²) in [6, 6.07) is 5.89. The van der Waals surface area contributed by atoms with Crippen LogP contribution in [0.1, 0.15) is 27.9 Å². The van der Waals surface area contributed by atoms with Crippen LogP contribution < -0.4 is 5.32 Å². The first-order chi connectivity index (χ1) is 8.19. The van der Waals surface area contributed by atoms with Crippen LogP contribution in [0.4, 0.5) is 0 Å². The maximum Gasteiger partial charge on any atom is 0.251 e. The lowest BCUT2D eigenvalue weighted by Gasteiger charge is -2.11. The standard InChI is InChI=1S/C14H17NO2/c1-3-11-6-10(2)7-12(8-11)14(16)15-13-4-5-17-9-13/h3,6-8,13H,1,4-5,9H2,2H3,(H,15,16). The maximum atomic E-state index is 12.0. The molecule has 3 heteroatoms. The number of amides is 1. The van der Waals surface area contributed by atoms with Gasteiger partial charge >= 0.3 is 0 Å². The number of rotatable bonds is 3. The van der Waals surface area contributed by atoms with Crippen LogP contribution in [0.5, 0.6) is 0 Å². The molecule has 0 radical (unpaired) electrons. The Bertz CT molecular complexity index is 434. The Labute approximate surface area is 101 Å². The van der Waals surface area contributed by atoms with Crippen molar-refractivity contribution < 1.29 is 9.53 Å². The molecule has 1 aromatic carbocycles. The average Bonchev–Trinajstić information content (AvgIpc) is 2.81. The van der Waals surface area contributed by atoms with E-state index in [9.17, 15) is 4.79 Å². The normalized spacial score (nSPS) is 19.0. The molecule has 1 atom stereocenters. The molecule has 1 N–H and O–H groups in total. The minimum Gasteiger partial charge on any atom is -0.379 e. The molecule has 1 unspecified atom stereocenters. The average molecular weight is 231 g/mol. The van der Waals surface area contributed by atoms with Crippen LogP contribution in [0, 0.1) is 6.92 Å². The van der Waals surface area contributed by atoms with Gasteiger partial charge in [0.15, 0.2) is 0 Å². The highest BCUT2D eigenvalue weighted by atomic mass is 16.5. The Balaban J connectivity index is 2.12. The van der Waals surface area contributed by atoms with Gasteiger partial charge in [0.1, 0.15) is 0 Å². The summed E-state index contributed by atoms with van der Waals surface area (Å²) in [4.78, 5) is 12.0. The first-order valence-corrected chi connectivity index (χ1v) is 5.82. The van der Waals surface area contributed by atoms with Gasteiger partial charge < -0.3 is 10.1 Å². The summed E-state index contributed by atoms with van der Waals surface area (Å²) in [6.07, 6.45) is 2.65. The molecule has 17 heavy (non-hydrogen) atoms. The first-order valence-electron chi connectivity index (χ1n) is 5.82. The fraction of sp³-hybridized carbons (Fsp3) is 0.357. The minimum absolute atomic E-state index is 0.0349. The highest BCUT2D eigenvalue weighted by molar-refractivity contribution is 5.95. The topological polar surface area (TPSA) is 38.3 Å². The monoisotopic (exact) mass is 231 g/mol. The van der Waals surface area contributed by atoms with Gasteiger partial charge in [-0.1, -0.05) is 18.7 Å². The minimum atomic E-state index is -0.0349. The predicted octanol–water partition coefficient (Wildman–Crippen LogP) is 2.16. The Kier molecular flexibility index (Phi) is 3.59. The van der Waals surface area contributed by atoms with E-state index in [1.165, 1.54) is 0 Å². The van der Waals surface area contributed by atoms with Crippen LogP contribution >= 0.6 is 0 Å². The van der Waals surface area contributed by atoms with Gasteiger partial charge in [-0.25, -0.2) is 0 Å². The van der Waals surface area contributed by atoms with Crippen molar-refractivity contribution in [3.8, 4) is 0 Å². The van der Waals surface area contributed by atoms with Crippen LogP contribution in [0.2, 0.25) is 0 Å². The second-order valence-electron chi connectivity index (χ2n) is 4.37. The Hall–Kier alpha value is -1.61. The predicted molar refractivity (Wildman–Crippen MR) is 68.0 cm³/mol. The zero-order valence-corrected chi connectivity index (χ0v) is 10.0. The molecule has 1 fully saturated rings. The smallest absolute Gasteiger partial charge is 0.251 e. The van der Waals surface area contributed by atoms with Gasteiger partial charge in [-0.3, -0.25) is 4.79 Å². The number of nitrogens with one attached hydrogen (secondary N) is 1. The highest BCUT2D eigenvalue weighted by Crippen LogP contribution is 2.12. The molecular weight excluding hydrogens is 214 g/mol. The third-order valence-corrected chi connectivity index (χ3v) is 2.86. The quantitative estimate of drug-likeness (QED) is 0.865. The lowest BCUT2D eigenvalue weighted by atomic mass is 10.1. The second kappa shape index (κ2) is 5.15. The van der Waals surface area contributed by atoms with Gasteiger partial charge in [-0.2, -0.15) is 0 Å². The van der Waals surface area contributed by atoms with E-state index in [0.717, 1.165) is 24.2 Å². The molecule has 2 rings (SSSR count). The Morgan fingerprint density at radius 2 is 2.35 bits per heavy atom. The zero-order chi connectivity index (χ0) is 12.3. The third kappa shape index (κ3) is 2.94. The van der Waals surface area contributed by atoms with Crippen molar-refractivity contribution in [2.45, 2.75) is 19.4 Å². The van der Waals surface area contributed by atoms with Crippen molar-refractivity contribution >= 4 is 12.0 Å². The molecule has 1 aromatic rings. The molecule has 0 aromatic heterocycles. The number of benzene rings is 1. The molecule has 0 aliphatic carbocycles. The summed E-state index contributed by atoms with van der Waals surface area (Å²) in [5, 5.41) is 2.98. The molecule has 0 bridgehead atoms. The summed E-state index contributed by atoms with van der Waals surface area (Å²) < 4.78 is 5.23. The van der Waals surface area contributed by atoms with E-state index in [1.54, 1.807) is 6.08 Å². The molecule has 1 aliphatic heterocycles. The van der Waals surface area contributed by atoms with Crippen molar-refractivity contribution in [3.05, 3.63) is 41.5 Å². The molecule has 1 heterocycles. The number of carbonyl (C=O) groups excluding carboxylic acids is 1. The lowest BCUT2D eigenvalue weighted by molar-refractivity contribution is 0.0930. The number of hydrogen-bond donors (Lipinski definition) is 1. The van der Waals surface area contributed by atoms with Crippen LogP contribution in [0.25, 0.3) is 6.08 Å². The largest absolute Gasteiger partial charge is 0.379 e. The van der Waals surface area contributed by atoms with E-state index in [4.69, 9.17) is 4.74 Å². The number of ether oxygens (including phenoxy) is 1. The molecule has 0 spiro atoms. The molecule has 1 amide bonds. The van der Waals surface area contributed by atoms with Crippen molar-refractivity contribution in [2.24, 2.45) is 0 Å². The van der Waals surface area contributed by atoms with E-state index < -0.39 is 0 Å². The molecule has 1 saturated heterocycles. The van der Waals surface area contributed by atoms with Crippen molar-refractivity contribution in [2.75, 3.05) is 13.2 Å². The van der Waals surface area contributed by atoms with Crippen LogP contribution in [0.3, 0.4) is 0 Å². The molecule has 1 aliphatic rings. The van der Waals surface area contributed by atoms with Crippen molar-refractivity contribution in [1.29, 1.82) is 0 Å². The van der Waals surface area contributed by atoms with E-state index in [-0.39, 0.29) is 11.9 Å². The molecule has 0 saturated carbocycles. The van der Waals surface area contributed by atoms with E-state index in [1.807, 2.05) is 25.1 Å².